The molecule has 1 N–H and O–H groups in total. The monoisotopic (exact) mass is 398 g/mol. The molecule has 0 radical (unpaired) electrons. The van der Waals surface area contributed by atoms with E-state index in [0.29, 0.717) is 27.3 Å². The Balaban J connectivity index is 1.90. The maximum Gasteiger partial charge on any atom is 0.264 e. The highest BCUT2D eigenvalue weighted by molar-refractivity contribution is 8.18. The van der Waals surface area contributed by atoms with Crippen molar-refractivity contribution in [3.8, 4) is 17.2 Å². The molecular weight excluding hydrogens is 376 g/mol. The number of nitrogens with zero attached hydrogens (tertiary/aromatic N) is 1. The third kappa shape index (κ3) is 4.14. The van der Waals surface area contributed by atoms with Gasteiger partial charge in [0.15, 0.2) is 16.7 Å². The molecule has 1 aliphatic rings. The van der Waals surface area contributed by atoms with Crippen LogP contribution in [0.5, 0.6) is 17.2 Å². The van der Waals surface area contributed by atoms with Gasteiger partial charge in [0.2, 0.25) is 5.75 Å². The smallest absolute Gasteiger partial charge is 0.264 e. The number of aliphatic imine (C=N–C) groups is 1. The van der Waals surface area contributed by atoms with Crippen LogP contribution < -0.4 is 19.5 Å². The first-order valence-electron chi connectivity index (χ1n) is 8.62. The van der Waals surface area contributed by atoms with Gasteiger partial charge in [0.25, 0.3) is 5.91 Å². The van der Waals surface area contributed by atoms with Crippen LogP contribution in [0.3, 0.4) is 0 Å². The summed E-state index contributed by atoms with van der Waals surface area (Å²) in [5.41, 5.74) is 3.93. The van der Waals surface area contributed by atoms with Crippen molar-refractivity contribution in [2.75, 3.05) is 21.3 Å². The number of hydrogen-bond acceptors (Lipinski definition) is 6. The summed E-state index contributed by atoms with van der Waals surface area (Å²) in [6, 6.07) is 9.53. The van der Waals surface area contributed by atoms with Crippen molar-refractivity contribution in [3.63, 3.8) is 0 Å². The molecule has 28 heavy (non-hydrogen) atoms. The van der Waals surface area contributed by atoms with E-state index in [0.717, 1.165) is 16.8 Å². The number of benzene rings is 2. The summed E-state index contributed by atoms with van der Waals surface area (Å²) in [5, 5.41) is 3.35. The molecule has 1 fully saturated rings. The van der Waals surface area contributed by atoms with Gasteiger partial charge < -0.3 is 19.5 Å². The SMILES string of the molecule is COc1cc(/C=C2/SC(=Nc3ccc(C)c(C)c3)NC2=O)cc(OC)c1OC. The molecule has 0 bridgehead atoms. The standard InChI is InChI=1S/C21H22N2O4S/c1-12-6-7-15(8-13(12)2)22-21-23-20(24)18(28-21)11-14-9-16(25-3)19(27-5)17(10-14)26-4/h6-11H,1-5H3,(H,22,23,24)/b18-11+. The van der Waals surface area contributed by atoms with Gasteiger partial charge in [-0.1, -0.05) is 6.07 Å². The van der Waals surface area contributed by atoms with Crippen LogP contribution in [-0.4, -0.2) is 32.4 Å². The Morgan fingerprint density at radius 3 is 2.21 bits per heavy atom. The lowest BCUT2D eigenvalue weighted by Crippen LogP contribution is -2.19. The van der Waals surface area contributed by atoms with Crippen LogP contribution in [0.2, 0.25) is 0 Å². The third-order valence-corrected chi connectivity index (χ3v) is 5.27. The summed E-state index contributed by atoms with van der Waals surface area (Å²) in [6.45, 7) is 4.09. The second-order valence-corrected chi connectivity index (χ2v) is 7.24. The summed E-state index contributed by atoms with van der Waals surface area (Å²) >= 11 is 1.29. The highest BCUT2D eigenvalue weighted by atomic mass is 32.2. The molecular formula is C21H22N2O4S. The lowest BCUT2D eigenvalue weighted by molar-refractivity contribution is -0.115. The molecule has 146 valence electrons. The van der Waals surface area contributed by atoms with Gasteiger partial charge in [-0.3, -0.25) is 4.79 Å². The Morgan fingerprint density at radius 2 is 1.64 bits per heavy atom. The van der Waals surface area contributed by atoms with Crippen LogP contribution in [0.4, 0.5) is 5.69 Å². The second kappa shape index (κ2) is 8.39. The zero-order valence-electron chi connectivity index (χ0n) is 16.5. The van der Waals surface area contributed by atoms with Crippen molar-refractivity contribution < 1.29 is 19.0 Å². The summed E-state index contributed by atoms with van der Waals surface area (Å²) in [6.07, 6.45) is 1.77. The number of thioether (sulfide) groups is 1. The molecule has 0 atom stereocenters. The lowest BCUT2D eigenvalue weighted by Gasteiger charge is -2.12. The number of carbonyl (C=O) groups is 1. The van der Waals surface area contributed by atoms with Gasteiger partial charge in [-0.05, 0) is 72.6 Å². The highest BCUT2D eigenvalue weighted by Gasteiger charge is 2.24. The van der Waals surface area contributed by atoms with E-state index in [1.165, 1.54) is 17.3 Å². The summed E-state index contributed by atoms with van der Waals surface area (Å²) in [7, 11) is 4.66. The molecule has 1 saturated heterocycles. The first-order chi connectivity index (χ1) is 13.4. The summed E-state index contributed by atoms with van der Waals surface area (Å²) in [5.74, 6) is 1.37. The number of hydrogen-bond donors (Lipinski definition) is 1. The fourth-order valence-electron chi connectivity index (χ4n) is 2.73. The number of amidine groups is 1. The quantitative estimate of drug-likeness (QED) is 0.764. The largest absolute Gasteiger partial charge is 0.493 e. The van der Waals surface area contributed by atoms with Gasteiger partial charge in [0.1, 0.15) is 0 Å². The van der Waals surface area contributed by atoms with Crippen molar-refractivity contribution in [1.29, 1.82) is 0 Å². The van der Waals surface area contributed by atoms with Gasteiger partial charge in [-0.2, -0.15) is 0 Å². The minimum absolute atomic E-state index is 0.193. The number of nitrogens with one attached hydrogen (secondary N) is 1. The van der Waals surface area contributed by atoms with Crippen LogP contribution >= 0.6 is 11.8 Å². The number of aryl methyl sites for hydroxylation is 2. The zero-order valence-corrected chi connectivity index (χ0v) is 17.3. The van der Waals surface area contributed by atoms with E-state index in [4.69, 9.17) is 14.2 Å². The normalized spacial score (nSPS) is 16.4. The Kier molecular flexibility index (Phi) is 5.94. The molecule has 1 amide bonds. The predicted octanol–water partition coefficient (Wildman–Crippen LogP) is 4.22. The predicted molar refractivity (Wildman–Crippen MR) is 113 cm³/mol. The van der Waals surface area contributed by atoms with Gasteiger partial charge in [0.05, 0.1) is 31.9 Å². The fourth-order valence-corrected chi connectivity index (χ4v) is 3.57. The van der Waals surface area contributed by atoms with Crippen LogP contribution in [0, 0.1) is 13.8 Å². The molecule has 0 spiro atoms. The molecule has 2 aromatic rings. The van der Waals surface area contributed by atoms with Gasteiger partial charge in [-0.15, -0.1) is 0 Å². The molecule has 7 heteroatoms. The summed E-state index contributed by atoms with van der Waals surface area (Å²) < 4.78 is 16.1. The van der Waals surface area contributed by atoms with Crippen LogP contribution in [-0.2, 0) is 4.79 Å². The van der Waals surface area contributed by atoms with Gasteiger partial charge >= 0.3 is 0 Å². The molecule has 6 nitrogen and oxygen atoms in total. The van der Waals surface area contributed by atoms with Crippen LogP contribution in [0.25, 0.3) is 6.08 Å². The van der Waals surface area contributed by atoms with Crippen LogP contribution in [0.1, 0.15) is 16.7 Å². The van der Waals surface area contributed by atoms with E-state index in [2.05, 4.69) is 17.2 Å². The fraction of sp³-hybridized carbons (Fsp3) is 0.238. The van der Waals surface area contributed by atoms with Crippen molar-refractivity contribution in [2.45, 2.75) is 13.8 Å². The number of rotatable bonds is 5. The molecule has 0 saturated carbocycles. The molecule has 0 aromatic heterocycles. The number of carbonyl (C=O) groups excluding carboxylic acids is 1. The van der Waals surface area contributed by atoms with Crippen molar-refractivity contribution in [1.82, 2.24) is 5.32 Å². The minimum atomic E-state index is -0.193. The Bertz CT molecular complexity index is 957. The van der Waals surface area contributed by atoms with Crippen molar-refractivity contribution in [3.05, 3.63) is 51.9 Å². The zero-order chi connectivity index (χ0) is 20.3. The lowest BCUT2D eigenvalue weighted by atomic mass is 10.1. The van der Waals surface area contributed by atoms with Gasteiger partial charge in [-0.25, -0.2) is 4.99 Å². The average Bonchev–Trinajstić information content (AvgIpc) is 3.02. The molecule has 1 aliphatic heterocycles. The van der Waals surface area contributed by atoms with E-state index in [9.17, 15) is 4.79 Å². The number of ether oxygens (including phenoxy) is 3. The van der Waals surface area contributed by atoms with Crippen molar-refractivity contribution >= 4 is 34.6 Å². The topological polar surface area (TPSA) is 69.2 Å². The van der Waals surface area contributed by atoms with Crippen molar-refractivity contribution in [2.24, 2.45) is 4.99 Å². The Morgan fingerprint density at radius 1 is 0.964 bits per heavy atom. The third-order valence-electron chi connectivity index (χ3n) is 4.36. The minimum Gasteiger partial charge on any atom is -0.493 e. The molecule has 3 rings (SSSR count). The van der Waals surface area contributed by atoms with E-state index in [1.54, 1.807) is 39.5 Å². The van der Waals surface area contributed by atoms with E-state index < -0.39 is 0 Å². The highest BCUT2D eigenvalue weighted by Crippen LogP contribution is 2.39. The van der Waals surface area contributed by atoms with Gasteiger partial charge in [0, 0.05) is 0 Å². The molecule has 2 aromatic carbocycles. The Labute approximate surface area is 168 Å². The average molecular weight is 398 g/mol. The molecule has 1 heterocycles. The maximum absolute atomic E-state index is 12.4. The number of methoxy groups -OCH3 is 3. The molecule has 0 aliphatic carbocycles. The van der Waals surface area contributed by atoms with E-state index >= 15 is 0 Å². The Hall–Kier alpha value is -2.93. The first-order valence-corrected chi connectivity index (χ1v) is 9.43. The maximum atomic E-state index is 12.4. The first kappa shape index (κ1) is 19.8. The summed E-state index contributed by atoms with van der Waals surface area (Å²) in [4.78, 5) is 17.4. The molecule has 0 unspecified atom stereocenters. The van der Waals surface area contributed by atoms with E-state index in [1.807, 2.05) is 25.1 Å². The van der Waals surface area contributed by atoms with E-state index in [-0.39, 0.29) is 5.91 Å². The van der Waals surface area contributed by atoms with Crippen LogP contribution in [0.15, 0.2) is 40.2 Å². The number of amides is 1. The second-order valence-electron chi connectivity index (χ2n) is 6.21.